The van der Waals surface area contributed by atoms with E-state index in [1.807, 2.05) is 12.1 Å². The van der Waals surface area contributed by atoms with E-state index in [2.05, 4.69) is 35.7 Å². The number of rotatable bonds is 9. The van der Waals surface area contributed by atoms with Gasteiger partial charge in [-0.2, -0.15) is 5.10 Å². The van der Waals surface area contributed by atoms with Gasteiger partial charge in [-0.25, -0.2) is 9.37 Å². The second kappa shape index (κ2) is 9.02. The van der Waals surface area contributed by atoms with Gasteiger partial charge in [0.05, 0.1) is 24.1 Å². The lowest BCUT2D eigenvalue weighted by Crippen LogP contribution is -2.42. The second-order valence-electron chi connectivity index (χ2n) is 7.95. The Bertz CT molecular complexity index is 1220. The summed E-state index contributed by atoms with van der Waals surface area (Å²) in [6.07, 6.45) is 10.2. The topological polar surface area (TPSA) is 113 Å². The van der Waals surface area contributed by atoms with Crippen LogP contribution in [0, 0.1) is 5.82 Å². The third-order valence-electron chi connectivity index (χ3n) is 5.89. The molecule has 1 aliphatic carbocycles. The molecular formula is C22H21FN8OS. The number of thiazole rings is 1. The van der Waals surface area contributed by atoms with Crippen molar-refractivity contribution in [3.05, 3.63) is 65.4 Å². The second-order valence-corrected chi connectivity index (χ2v) is 9.06. The van der Waals surface area contributed by atoms with Gasteiger partial charge in [0.15, 0.2) is 0 Å². The number of aromatic nitrogens is 6. The SMILES string of the molecule is O=CN(Cc1cnc(-c2ccc(NCC3(c4ncccc4F)CCC3)nn2)s1)c1cn[nH]c1. The van der Waals surface area contributed by atoms with Gasteiger partial charge in [-0.1, -0.05) is 6.42 Å². The highest BCUT2D eigenvalue weighted by Crippen LogP contribution is 2.43. The highest BCUT2D eigenvalue weighted by molar-refractivity contribution is 7.15. The van der Waals surface area contributed by atoms with E-state index in [9.17, 15) is 9.18 Å². The Labute approximate surface area is 193 Å². The van der Waals surface area contributed by atoms with Crippen LogP contribution in [0.1, 0.15) is 29.8 Å². The first-order chi connectivity index (χ1) is 16.2. The zero-order valence-electron chi connectivity index (χ0n) is 17.6. The summed E-state index contributed by atoms with van der Waals surface area (Å²) in [5.74, 6) is 0.353. The van der Waals surface area contributed by atoms with Gasteiger partial charge in [0.2, 0.25) is 6.41 Å². The normalized spacial score (nSPS) is 14.5. The maximum Gasteiger partial charge on any atom is 0.214 e. The quantitative estimate of drug-likeness (QED) is 0.364. The van der Waals surface area contributed by atoms with E-state index in [1.165, 1.54) is 17.4 Å². The van der Waals surface area contributed by atoms with Gasteiger partial charge in [0.1, 0.15) is 22.3 Å². The molecule has 2 N–H and O–H groups in total. The fourth-order valence-corrected chi connectivity index (χ4v) is 4.81. The number of pyridine rings is 1. The number of carbonyl (C=O) groups is 1. The smallest absolute Gasteiger partial charge is 0.214 e. The molecular weight excluding hydrogens is 443 g/mol. The molecule has 168 valence electrons. The van der Waals surface area contributed by atoms with E-state index in [4.69, 9.17) is 0 Å². The van der Waals surface area contributed by atoms with Gasteiger partial charge in [0.25, 0.3) is 0 Å². The van der Waals surface area contributed by atoms with E-state index in [0.717, 1.165) is 30.5 Å². The highest BCUT2D eigenvalue weighted by atomic mass is 32.1. The number of nitrogens with zero attached hydrogens (tertiary/aromatic N) is 6. The molecule has 1 saturated carbocycles. The van der Waals surface area contributed by atoms with Crippen molar-refractivity contribution in [1.82, 2.24) is 30.4 Å². The fraction of sp³-hybridized carbons (Fsp3) is 0.273. The Morgan fingerprint density at radius 2 is 2.12 bits per heavy atom. The van der Waals surface area contributed by atoms with E-state index in [1.54, 1.807) is 35.8 Å². The molecule has 0 saturated heterocycles. The minimum atomic E-state index is -0.310. The van der Waals surface area contributed by atoms with Gasteiger partial charge in [0, 0.05) is 35.4 Å². The zero-order valence-corrected chi connectivity index (χ0v) is 18.4. The predicted molar refractivity (Wildman–Crippen MR) is 122 cm³/mol. The number of hydrogen-bond donors (Lipinski definition) is 2. The lowest BCUT2D eigenvalue weighted by Gasteiger charge is -2.41. The summed E-state index contributed by atoms with van der Waals surface area (Å²) in [6, 6.07) is 6.76. The Morgan fingerprint density at radius 3 is 2.79 bits per heavy atom. The summed E-state index contributed by atoms with van der Waals surface area (Å²) in [6.45, 7) is 0.936. The van der Waals surface area contributed by atoms with Crippen LogP contribution in [0.5, 0.6) is 0 Å². The van der Waals surface area contributed by atoms with Crippen molar-refractivity contribution in [1.29, 1.82) is 0 Å². The first kappa shape index (κ1) is 21.1. The molecule has 5 rings (SSSR count). The maximum atomic E-state index is 14.3. The zero-order chi connectivity index (χ0) is 22.7. The van der Waals surface area contributed by atoms with E-state index in [-0.39, 0.29) is 11.2 Å². The molecule has 11 heteroatoms. The van der Waals surface area contributed by atoms with Gasteiger partial charge < -0.3 is 10.2 Å². The van der Waals surface area contributed by atoms with Gasteiger partial charge in [-0.05, 0) is 37.1 Å². The molecule has 1 amide bonds. The maximum absolute atomic E-state index is 14.3. The van der Waals surface area contributed by atoms with Crippen molar-refractivity contribution in [3.63, 3.8) is 0 Å². The van der Waals surface area contributed by atoms with Gasteiger partial charge in [-0.15, -0.1) is 21.5 Å². The molecule has 9 nitrogen and oxygen atoms in total. The van der Waals surface area contributed by atoms with Crippen molar-refractivity contribution >= 4 is 29.3 Å². The first-order valence-electron chi connectivity index (χ1n) is 10.5. The average molecular weight is 465 g/mol. The van der Waals surface area contributed by atoms with Crippen molar-refractivity contribution in [2.45, 2.75) is 31.2 Å². The van der Waals surface area contributed by atoms with Crippen LogP contribution >= 0.6 is 11.3 Å². The number of aromatic amines is 1. The molecule has 0 bridgehead atoms. The summed E-state index contributed by atoms with van der Waals surface area (Å²) in [5, 5.41) is 19.1. The van der Waals surface area contributed by atoms with Crippen molar-refractivity contribution in [2.75, 3.05) is 16.8 Å². The predicted octanol–water partition coefficient (Wildman–Crippen LogP) is 3.55. The molecule has 1 aliphatic rings. The number of H-pyrrole nitrogens is 1. The summed E-state index contributed by atoms with van der Waals surface area (Å²) >= 11 is 1.45. The van der Waals surface area contributed by atoms with Crippen LogP contribution in [-0.4, -0.2) is 43.3 Å². The van der Waals surface area contributed by atoms with E-state index >= 15 is 0 Å². The molecule has 0 atom stereocenters. The van der Waals surface area contributed by atoms with E-state index < -0.39 is 0 Å². The molecule has 1 fully saturated rings. The molecule has 4 aromatic rings. The summed E-state index contributed by atoms with van der Waals surface area (Å²) < 4.78 is 14.3. The third kappa shape index (κ3) is 4.31. The van der Waals surface area contributed by atoms with Crippen LogP contribution in [0.25, 0.3) is 10.7 Å². The fourth-order valence-electron chi connectivity index (χ4n) is 3.93. The number of anilines is 2. The summed E-state index contributed by atoms with van der Waals surface area (Å²) in [7, 11) is 0. The monoisotopic (exact) mass is 464 g/mol. The molecule has 4 heterocycles. The lowest BCUT2D eigenvalue weighted by molar-refractivity contribution is -0.107. The van der Waals surface area contributed by atoms with Crippen molar-refractivity contribution in [3.8, 4) is 10.7 Å². The average Bonchev–Trinajstić information content (AvgIpc) is 3.51. The molecule has 33 heavy (non-hydrogen) atoms. The van der Waals surface area contributed by atoms with E-state index in [0.29, 0.717) is 41.0 Å². The number of hydrogen-bond acceptors (Lipinski definition) is 8. The first-order valence-corrected chi connectivity index (χ1v) is 11.3. The van der Waals surface area contributed by atoms with Crippen molar-refractivity contribution in [2.24, 2.45) is 0 Å². The van der Waals surface area contributed by atoms with Gasteiger partial charge >= 0.3 is 0 Å². The third-order valence-corrected chi connectivity index (χ3v) is 6.89. The molecule has 4 aromatic heterocycles. The number of halogens is 1. The highest BCUT2D eigenvalue weighted by Gasteiger charge is 2.41. The van der Waals surface area contributed by atoms with Gasteiger partial charge in [-0.3, -0.25) is 14.9 Å². The van der Waals surface area contributed by atoms with Crippen LogP contribution in [0.4, 0.5) is 15.9 Å². The van der Waals surface area contributed by atoms with Crippen molar-refractivity contribution < 1.29 is 9.18 Å². The van der Waals surface area contributed by atoms with Crippen LogP contribution < -0.4 is 10.2 Å². The Kier molecular flexibility index (Phi) is 5.78. The Balaban J connectivity index is 1.24. The molecule has 0 unspecified atom stereocenters. The van der Waals surface area contributed by atoms with Crippen LogP contribution in [0.2, 0.25) is 0 Å². The minimum absolute atomic E-state index is 0.263. The van der Waals surface area contributed by atoms with Crippen LogP contribution in [0.15, 0.2) is 49.1 Å². The largest absolute Gasteiger partial charge is 0.368 e. The number of nitrogens with one attached hydrogen (secondary N) is 2. The number of amides is 1. The van der Waals surface area contributed by atoms with Crippen LogP contribution in [0.3, 0.4) is 0 Å². The van der Waals surface area contributed by atoms with Crippen LogP contribution in [-0.2, 0) is 16.8 Å². The Morgan fingerprint density at radius 1 is 1.21 bits per heavy atom. The standard InChI is InChI=1S/C22H21FN8OS/c23-17-3-1-8-24-20(17)22(6-2-7-22)13-26-19-5-4-18(29-30-19)21-25-11-16(33-21)12-31(14-32)15-9-27-28-10-15/h1,3-5,8-11,14H,2,6-7,12-13H2,(H,26,30)(H,27,28). The minimum Gasteiger partial charge on any atom is -0.368 e. The lowest BCUT2D eigenvalue weighted by atomic mass is 9.66. The molecule has 0 spiro atoms. The molecule has 0 radical (unpaired) electrons. The molecule has 0 aliphatic heterocycles. The summed E-state index contributed by atoms with van der Waals surface area (Å²) in [5.41, 5.74) is 1.54. The summed E-state index contributed by atoms with van der Waals surface area (Å²) in [4.78, 5) is 22.6. The molecule has 0 aromatic carbocycles. The Hall–Kier alpha value is -3.73. The number of carbonyl (C=O) groups excluding carboxylic acids is 1.